The molecule has 1 saturated heterocycles. The Morgan fingerprint density at radius 2 is 2.12 bits per heavy atom. The topological polar surface area (TPSA) is 85.5 Å². The number of ether oxygens (including phenoxy) is 1. The molecular formula is C19H17N3O4. The van der Waals surface area contributed by atoms with Crippen LogP contribution in [0.3, 0.4) is 0 Å². The molecule has 1 atom stereocenters. The summed E-state index contributed by atoms with van der Waals surface area (Å²) in [6.45, 7) is 1.00. The molecule has 132 valence electrons. The van der Waals surface area contributed by atoms with Crippen molar-refractivity contribution in [2.24, 2.45) is 0 Å². The van der Waals surface area contributed by atoms with Crippen LogP contribution in [0.4, 0.5) is 0 Å². The molecule has 1 unspecified atom stereocenters. The first-order chi connectivity index (χ1) is 12.7. The quantitative estimate of drug-likeness (QED) is 0.719. The molecule has 0 saturated carbocycles. The van der Waals surface area contributed by atoms with Gasteiger partial charge in [-0.1, -0.05) is 12.1 Å². The molecule has 0 aliphatic carbocycles. The van der Waals surface area contributed by atoms with Crippen LogP contribution < -0.4 is 10.2 Å². The third-order valence-electron chi connectivity index (χ3n) is 4.35. The SMILES string of the molecule is O=C(c1cc(=O)c2ccccc2o1)N1CCCC(Oc2cccnn2)C1. The van der Waals surface area contributed by atoms with Crippen LogP contribution in [0.2, 0.25) is 0 Å². The fraction of sp³-hybridized carbons (Fsp3) is 0.263. The van der Waals surface area contributed by atoms with Crippen molar-refractivity contribution in [3.8, 4) is 5.88 Å². The molecule has 0 bridgehead atoms. The molecule has 7 heteroatoms. The molecule has 2 aromatic heterocycles. The van der Waals surface area contributed by atoms with Gasteiger partial charge in [-0.25, -0.2) is 0 Å². The van der Waals surface area contributed by atoms with E-state index in [1.807, 2.05) is 0 Å². The van der Waals surface area contributed by atoms with Gasteiger partial charge in [0.2, 0.25) is 5.88 Å². The van der Waals surface area contributed by atoms with E-state index in [-0.39, 0.29) is 23.2 Å². The number of nitrogens with zero attached hydrogens (tertiary/aromatic N) is 3. The highest BCUT2D eigenvalue weighted by Crippen LogP contribution is 2.19. The fourth-order valence-corrected chi connectivity index (χ4v) is 3.11. The van der Waals surface area contributed by atoms with Crippen molar-refractivity contribution < 1.29 is 13.9 Å². The number of hydrogen-bond acceptors (Lipinski definition) is 6. The Hall–Kier alpha value is -3.22. The summed E-state index contributed by atoms with van der Waals surface area (Å²) in [7, 11) is 0. The predicted octanol–water partition coefficient (Wildman–Crippen LogP) is 2.27. The minimum atomic E-state index is -0.305. The Balaban J connectivity index is 1.53. The standard InChI is InChI=1S/C19H17N3O4/c23-15-11-17(26-16-7-2-1-6-14(15)16)19(24)22-10-4-5-13(12-22)25-18-8-3-9-20-21-18/h1-3,6-9,11,13H,4-5,10,12H2. The zero-order valence-corrected chi connectivity index (χ0v) is 14.0. The van der Waals surface area contributed by atoms with Crippen molar-refractivity contribution in [2.45, 2.75) is 18.9 Å². The van der Waals surface area contributed by atoms with Crippen molar-refractivity contribution in [3.63, 3.8) is 0 Å². The second-order valence-corrected chi connectivity index (χ2v) is 6.17. The lowest BCUT2D eigenvalue weighted by atomic mass is 10.1. The van der Waals surface area contributed by atoms with Gasteiger partial charge in [0.25, 0.3) is 5.91 Å². The Morgan fingerprint density at radius 1 is 1.23 bits per heavy atom. The number of benzene rings is 1. The lowest BCUT2D eigenvalue weighted by Gasteiger charge is -2.32. The number of piperidine rings is 1. The van der Waals surface area contributed by atoms with E-state index in [2.05, 4.69) is 10.2 Å². The molecule has 0 N–H and O–H groups in total. The first-order valence-electron chi connectivity index (χ1n) is 8.47. The number of amides is 1. The van der Waals surface area contributed by atoms with Gasteiger partial charge >= 0.3 is 0 Å². The minimum absolute atomic E-state index is 0.0499. The number of aromatic nitrogens is 2. The predicted molar refractivity (Wildman–Crippen MR) is 94.1 cm³/mol. The van der Waals surface area contributed by atoms with Crippen molar-refractivity contribution >= 4 is 16.9 Å². The van der Waals surface area contributed by atoms with Crippen molar-refractivity contribution in [2.75, 3.05) is 13.1 Å². The Kier molecular flexibility index (Phi) is 4.35. The highest BCUT2D eigenvalue weighted by molar-refractivity contribution is 5.93. The molecule has 3 heterocycles. The number of carbonyl (C=O) groups excluding carboxylic acids is 1. The van der Waals surface area contributed by atoms with E-state index in [9.17, 15) is 9.59 Å². The van der Waals surface area contributed by atoms with E-state index in [0.717, 1.165) is 12.8 Å². The number of hydrogen-bond donors (Lipinski definition) is 0. The molecular weight excluding hydrogens is 334 g/mol. The number of para-hydroxylation sites is 1. The summed E-state index contributed by atoms with van der Waals surface area (Å²) in [5.41, 5.74) is 0.187. The van der Waals surface area contributed by atoms with E-state index >= 15 is 0 Å². The lowest BCUT2D eigenvalue weighted by molar-refractivity contribution is 0.0499. The minimum Gasteiger partial charge on any atom is -0.471 e. The van der Waals surface area contributed by atoms with Crippen molar-refractivity contribution in [1.29, 1.82) is 0 Å². The summed E-state index contributed by atoms with van der Waals surface area (Å²) >= 11 is 0. The second kappa shape index (κ2) is 6.95. The van der Waals surface area contributed by atoms with Gasteiger partial charge in [-0.3, -0.25) is 9.59 Å². The second-order valence-electron chi connectivity index (χ2n) is 6.17. The van der Waals surface area contributed by atoms with Crippen LogP contribution >= 0.6 is 0 Å². The molecule has 0 radical (unpaired) electrons. The normalized spacial score (nSPS) is 17.2. The highest BCUT2D eigenvalue weighted by atomic mass is 16.5. The Bertz CT molecular complexity index is 987. The lowest BCUT2D eigenvalue weighted by Crippen LogP contribution is -2.44. The third-order valence-corrected chi connectivity index (χ3v) is 4.35. The van der Waals surface area contributed by atoms with Crippen LogP contribution in [0.5, 0.6) is 5.88 Å². The number of fused-ring (bicyclic) bond motifs is 1. The zero-order valence-electron chi connectivity index (χ0n) is 14.0. The highest BCUT2D eigenvalue weighted by Gasteiger charge is 2.27. The van der Waals surface area contributed by atoms with Gasteiger partial charge in [-0.15, -0.1) is 5.10 Å². The summed E-state index contributed by atoms with van der Waals surface area (Å²) in [6, 6.07) is 11.6. The average molecular weight is 351 g/mol. The molecule has 1 amide bonds. The number of rotatable bonds is 3. The van der Waals surface area contributed by atoms with E-state index in [1.54, 1.807) is 47.5 Å². The maximum Gasteiger partial charge on any atom is 0.289 e. The third kappa shape index (κ3) is 3.28. The van der Waals surface area contributed by atoms with Crippen LogP contribution in [0.1, 0.15) is 23.4 Å². The van der Waals surface area contributed by atoms with Crippen LogP contribution in [-0.2, 0) is 0 Å². The summed E-state index contributed by atoms with van der Waals surface area (Å²) in [5, 5.41) is 8.16. The van der Waals surface area contributed by atoms with Gasteiger partial charge < -0.3 is 14.1 Å². The van der Waals surface area contributed by atoms with Gasteiger partial charge in [0.05, 0.1) is 11.9 Å². The molecule has 26 heavy (non-hydrogen) atoms. The monoisotopic (exact) mass is 351 g/mol. The maximum atomic E-state index is 12.8. The molecule has 4 rings (SSSR count). The van der Waals surface area contributed by atoms with Gasteiger partial charge in [0.1, 0.15) is 11.7 Å². The van der Waals surface area contributed by atoms with Gasteiger partial charge in [0, 0.05) is 24.9 Å². The Labute approximate surface area is 149 Å². The molecule has 1 fully saturated rings. The van der Waals surface area contributed by atoms with E-state index < -0.39 is 0 Å². The first-order valence-corrected chi connectivity index (χ1v) is 8.47. The molecule has 1 aliphatic rings. The van der Waals surface area contributed by atoms with Gasteiger partial charge in [-0.05, 0) is 31.0 Å². The van der Waals surface area contributed by atoms with E-state index in [0.29, 0.717) is 29.9 Å². The van der Waals surface area contributed by atoms with Crippen LogP contribution in [-0.4, -0.2) is 40.2 Å². The molecule has 3 aromatic rings. The number of carbonyl (C=O) groups is 1. The molecule has 0 spiro atoms. The summed E-state index contributed by atoms with van der Waals surface area (Å²) in [5.74, 6) is 0.179. The largest absolute Gasteiger partial charge is 0.471 e. The number of likely N-dealkylation sites (tertiary alicyclic amines) is 1. The summed E-state index contributed by atoms with van der Waals surface area (Å²) in [4.78, 5) is 26.7. The van der Waals surface area contributed by atoms with Crippen molar-refractivity contribution in [1.82, 2.24) is 15.1 Å². The van der Waals surface area contributed by atoms with Gasteiger partial charge in [-0.2, -0.15) is 5.10 Å². The zero-order chi connectivity index (χ0) is 17.9. The maximum absolute atomic E-state index is 12.8. The van der Waals surface area contributed by atoms with Crippen LogP contribution in [0.25, 0.3) is 11.0 Å². The first kappa shape index (κ1) is 16.3. The molecule has 1 aliphatic heterocycles. The fourth-order valence-electron chi connectivity index (χ4n) is 3.11. The van der Waals surface area contributed by atoms with Crippen molar-refractivity contribution in [3.05, 3.63) is 64.6 Å². The van der Waals surface area contributed by atoms with Crippen LogP contribution in [0, 0.1) is 0 Å². The molecule has 7 nitrogen and oxygen atoms in total. The average Bonchev–Trinajstić information content (AvgIpc) is 2.68. The molecule has 1 aromatic carbocycles. The smallest absolute Gasteiger partial charge is 0.289 e. The summed E-state index contributed by atoms with van der Waals surface area (Å²) in [6.07, 6.45) is 3.03. The van der Waals surface area contributed by atoms with Crippen LogP contribution in [0.15, 0.2) is 57.9 Å². The van der Waals surface area contributed by atoms with Gasteiger partial charge in [0.15, 0.2) is 11.2 Å². The van der Waals surface area contributed by atoms with E-state index in [1.165, 1.54) is 6.07 Å². The summed E-state index contributed by atoms with van der Waals surface area (Å²) < 4.78 is 11.5. The Morgan fingerprint density at radius 3 is 2.96 bits per heavy atom. The van der Waals surface area contributed by atoms with E-state index in [4.69, 9.17) is 9.15 Å².